The SMILES string of the molecule is CSc1nc(N)c2ncn([C@H]3C=C[C@@H](OCP(=O)([O-])[O-])O3)c2n1.[Na+].[Na+]. The van der Waals surface area contributed by atoms with Crippen molar-refractivity contribution in [1.82, 2.24) is 19.5 Å². The molecule has 2 aromatic heterocycles. The first-order valence-electron chi connectivity index (χ1n) is 6.38. The fourth-order valence-electron chi connectivity index (χ4n) is 2.03. The number of thioether (sulfide) groups is 1. The molecule has 3 rings (SSSR count). The largest absolute Gasteiger partial charge is 1.00 e. The summed E-state index contributed by atoms with van der Waals surface area (Å²) in [6, 6.07) is 0. The predicted octanol–water partition coefficient (Wildman–Crippen LogP) is -6.56. The molecular formula is C11H12N5Na2O5PS. The molecule has 2 N–H and O–H groups in total. The van der Waals surface area contributed by atoms with E-state index in [1.807, 2.05) is 6.26 Å². The molecule has 0 spiro atoms. The van der Waals surface area contributed by atoms with E-state index in [1.54, 1.807) is 10.6 Å². The minimum absolute atomic E-state index is 0. The Morgan fingerprint density at radius 1 is 1.40 bits per heavy atom. The Balaban J connectivity index is 0.00000156. The molecule has 1 aliphatic heterocycles. The number of fused-ring (bicyclic) bond motifs is 1. The van der Waals surface area contributed by atoms with Crippen LogP contribution in [0.15, 0.2) is 23.6 Å². The Hall–Kier alpha value is 0.510. The van der Waals surface area contributed by atoms with Gasteiger partial charge in [0.15, 0.2) is 29.1 Å². The average Bonchev–Trinajstić information content (AvgIpc) is 3.10. The zero-order valence-corrected chi connectivity index (χ0v) is 19.6. The van der Waals surface area contributed by atoms with Crippen LogP contribution in [0.4, 0.5) is 5.82 Å². The number of aromatic nitrogens is 4. The third kappa shape index (κ3) is 5.74. The van der Waals surface area contributed by atoms with Crippen molar-refractivity contribution < 1.29 is 82.9 Å². The van der Waals surface area contributed by atoms with Crippen LogP contribution in [0.3, 0.4) is 0 Å². The minimum Gasteiger partial charge on any atom is -0.809 e. The number of hydrogen-bond donors (Lipinski definition) is 1. The first-order valence-corrected chi connectivity index (χ1v) is 9.33. The molecular weight excluding hydrogens is 391 g/mol. The Labute approximate surface area is 191 Å². The van der Waals surface area contributed by atoms with Crippen LogP contribution in [0.2, 0.25) is 0 Å². The van der Waals surface area contributed by atoms with Gasteiger partial charge in [-0.05, 0) is 26.0 Å². The second-order valence-electron chi connectivity index (χ2n) is 4.61. The minimum atomic E-state index is -4.75. The van der Waals surface area contributed by atoms with Crippen molar-refractivity contribution in [3.63, 3.8) is 0 Å². The Bertz CT molecular complexity index is 816. The van der Waals surface area contributed by atoms with Crippen LogP contribution in [-0.4, -0.2) is 38.4 Å². The molecule has 0 aromatic carbocycles. The van der Waals surface area contributed by atoms with Crippen molar-refractivity contribution in [3.05, 3.63) is 18.5 Å². The second kappa shape index (κ2) is 9.63. The van der Waals surface area contributed by atoms with E-state index < -0.39 is 26.5 Å². The van der Waals surface area contributed by atoms with Crippen LogP contribution < -0.4 is 74.6 Å². The summed E-state index contributed by atoms with van der Waals surface area (Å²) in [5, 5.41) is 0.491. The maximum absolute atomic E-state index is 10.6. The summed E-state index contributed by atoms with van der Waals surface area (Å²) in [6.45, 7) is 0. The summed E-state index contributed by atoms with van der Waals surface area (Å²) >= 11 is 1.34. The molecule has 0 saturated heterocycles. The Kier molecular flexibility index (Phi) is 9.07. The smallest absolute Gasteiger partial charge is 0.809 e. The van der Waals surface area contributed by atoms with E-state index in [0.29, 0.717) is 16.3 Å². The zero-order valence-electron chi connectivity index (χ0n) is 13.9. The zero-order chi connectivity index (χ0) is 16.6. The summed E-state index contributed by atoms with van der Waals surface area (Å²) in [6.07, 6.45) is 3.98. The van der Waals surface area contributed by atoms with E-state index >= 15 is 0 Å². The van der Waals surface area contributed by atoms with Gasteiger partial charge in [0.1, 0.15) is 5.52 Å². The van der Waals surface area contributed by atoms with Gasteiger partial charge in [-0.25, -0.2) is 15.0 Å². The summed E-state index contributed by atoms with van der Waals surface area (Å²) in [5.41, 5.74) is 6.76. The molecule has 10 nitrogen and oxygen atoms in total. The van der Waals surface area contributed by atoms with E-state index in [-0.39, 0.29) is 64.9 Å². The molecule has 0 unspecified atom stereocenters. The maximum atomic E-state index is 10.6. The van der Waals surface area contributed by atoms with Gasteiger partial charge in [-0.2, -0.15) is 0 Å². The number of nitrogen functional groups attached to an aromatic ring is 1. The number of anilines is 1. The topological polar surface area (TPSA) is 151 Å². The van der Waals surface area contributed by atoms with Crippen molar-refractivity contribution in [2.45, 2.75) is 17.7 Å². The Morgan fingerprint density at radius 2 is 2.12 bits per heavy atom. The van der Waals surface area contributed by atoms with Gasteiger partial charge >= 0.3 is 59.1 Å². The van der Waals surface area contributed by atoms with Crippen molar-refractivity contribution in [1.29, 1.82) is 0 Å². The van der Waals surface area contributed by atoms with Gasteiger partial charge in [-0.3, -0.25) is 4.57 Å². The van der Waals surface area contributed by atoms with Crippen LogP contribution >= 0.6 is 19.4 Å². The summed E-state index contributed by atoms with van der Waals surface area (Å²) in [4.78, 5) is 33.8. The molecule has 25 heavy (non-hydrogen) atoms. The summed E-state index contributed by atoms with van der Waals surface area (Å²) in [7, 11) is -4.75. The molecule has 2 aromatic rings. The van der Waals surface area contributed by atoms with Gasteiger partial charge in [0.2, 0.25) is 0 Å². The molecule has 14 heteroatoms. The summed E-state index contributed by atoms with van der Waals surface area (Å²) < 4.78 is 22.6. The van der Waals surface area contributed by atoms with Crippen molar-refractivity contribution in [2.75, 3.05) is 18.3 Å². The molecule has 1 aliphatic rings. The normalized spacial score (nSPS) is 19.6. The molecule has 2 atom stereocenters. The fraction of sp³-hybridized carbons (Fsp3) is 0.364. The van der Waals surface area contributed by atoms with E-state index in [1.165, 1.54) is 24.2 Å². The monoisotopic (exact) mass is 403 g/mol. The van der Waals surface area contributed by atoms with Crippen LogP contribution in [-0.2, 0) is 14.0 Å². The number of imidazole rings is 1. The standard InChI is InChI=1S/C11H14N5O5PS.2Na/c1-23-11-14-9(12)8-10(15-11)16(4-13-8)6-2-3-7(21-6)20-5-22(17,18)19;;/h2-4,6-7H,5H2,1H3,(H2,12,14,15)(H2,17,18,19);;/q;2*+1/p-2/t6-,7+;;/m1../s1. The van der Waals surface area contributed by atoms with Crippen LogP contribution in [0.5, 0.6) is 0 Å². The third-order valence-corrected chi connectivity index (χ3v) is 4.00. The third-order valence-electron chi connectivity index (χ3n) is 2.99. The molecule has 3 heterocycles. The van der Waals surface area contributed by atoms with Gasteiger partial charge < -0.3 is 29.6 Å². The molecule has 0 fully saturated rings. The second-order valence-corrected chi connectivity index (χ2v) is 6.86. The quantitative estimate of drug-likeness (QED) is 0.168. The molecule has 0 saturated carbocycles. The van der Waals surface area contributed by atoms with Gasteiger partial charge in [-0.15, -0.1) is 0 Å². The van der Waals surface area contributed by atoms with E-state index in [0.717, 1.165) is 0 Å². The van der Waals surface area contributed by atoms with Crippen LogP contribution in [0.1, 0.15) is 6.23 Å². The van der Waals surface area contributed by atoms with E-state index in [9.17, 15) is 14.4 Å². The van der Waals surface area contributed by atoms with Crippen molar-refractivity contribution in [3.8, 4) is 0 Å². The van der Waals surface area contributed by atoms with Crippen molar-refractivity contribution in [2.24, 2.45) is 0 Å². The summed E-state index contributed by atoms with van der Waals surface area (Å²) in [5.74, 6) is 0.256. The fourth-order valence-corrected chi connectivity index (χ4v) is 2.72. The number of hydrogen-bond acceptors (Lipinski definition) is 10. The van der Waals surface area contributed by atoms with Crippen LogP contribution in [0, 0.1) is 0 Å². The molecule has 0 aliphatic carbocycles. The Morgan fingerprint density at radius 3 is 2.76 bits per heavy atom. The molecule has 0 bridgehead atoms. The molecule has 0 amide bonds. The van der Waals surface area contributed by atoms with E-state index in [2.05, 4.69) is 15.0 Å². The number of nitrogens with two attached hydrogens (primary N) is 1. The van der Waals surface area contributed by atoms with Gasteiger partial charge in [0.25, 0.3) is 0 Å². The number of nitrogens with zero attached hydrogens (tertiary/aromatic N) is 4. The first-order chi connectivity index (χ1) is 10.9. The van der Waals surface area contributed by atoms with Crippen molar-refractivity contribution >= 4 is 36.3 Å². The van der Waals surface area contributed by atoms with Crippen LogP contribution in [0.25, 0.3) is 11.2 Å². The predicted molar refractivity (Wildman–Crippen MR) is 78.1 cm³/mol. The molecule has 124 valence electrons. The number of rotatable bonds is 5. The van der Waals surface area contributed by atoms with Gasteiger partial charge in [0.05, 0.1) is 12.7 Å². The number of ether oxygens (including phenoxy) is 2. The van der Waals surface area contributed by atoms with Gasteiger partial charge in [-0.1, -0.05) is 11.8 Å². The maximum Gasteiger partial charge on any atom is 1.00 e. The van der Waals surface area contributed by atoms with E-state index in [4.69, 9.17) is 15.2 Å². The first kappa shape index (κ1) is 23.5. The molecule has 0 radical (unpaired) electrons. The average molecular weight is 403 g/mol. The van der Waals surface area contributed by atoms with Gasteiger partial charge in [0, 0.05) is 0 Å².